The van der Waals surface area contributed by atoms with Gasteiger partial charge in [-0.2, -0.15) is 0 Å². The summed E-state index contributed by atoms with van der Waals surface area (Å²) in [5, 5.41) is 0. The first-order valence-electron chi connectivity index (χ1n) is 4.97. The van der Waals surface area contributed by atoms with Crippen molar-refractivity contribution in [3.63, 3.8) is 0 Å². The second-order valence-electron chi connectivity index (χ2n) is 4.09. The van der Waals surface area contributed by atoms with Crippen molar-refractivity contribution >= 4 is 23.1 Å². The van der Waals surface area contributed by atoms with E-state index in [2.05, 4.69) is 0 Å². The largest absolute Gasteiger partial charge is 2.00 e. The Morgan fingerprint density at radius 3 is 1.18 bits per heavy atom. The molecule has 0 aliphatic heterocycles. The smallest absolute Gasteiger partial charge is 1.00 e. The molecule has 0 aromatic heterocycles. The van der Waals surface area contributed by atoms with Gasteiger partial charge in [0.1, 0.15) is 0 Å². The molecule has 0 bridgehead atoms. The fraction of sp³-hybridized carbons (Fsp3) is 1.00. The molecule has 0 aromatic carbocycles. The van der Waals surface area contributed by atoms with Crippen molar-refractivity contribution in [2.45, 2.75) is 51.4 Å². The Morgan fingerprint density at radius 1 is 0.636 bits per heavy atom. The summed E-state index contributed by atoms with van der Waals surface area (Å²) in [5.41, 5.74) is 0. The van der Waals surface area contributed by atoms with Gasteiger partial charge in [-0.3, -0.25) is 0 Å². The van der Waals surface area contributed by atoms with Gasteiger partial charge < -0.3 is 2.85 Å². The Kier molecular flexibility index (Phi) is 4.22. The summed E-state index contributed by atoms with van der Waals surface area (Å²) in [7, 11) is 0. The summed E-state index contributed by atoms with van der Waals surface area (Å²) in [6.45, 7) is 0. The fourth-order valence-corrected chi connectivity index (χ4v) is 2.86. The van der Waals surface area contributed by atoms with Crippen molar-refractivity contribution in [3.05, 3.63) is 0 Å². The molecule has 2 aliphatic carbocycles. The van der Waals surface area contributed by atoms with Crippen molar-refractivity contribution in [2.75, 3.05) is 0 Å². The molecule has 0 saturated heterocycles. The van der Waals surface area contributed by atoms with Gasteiger partial charge in [0, 0.05) is 0 Å². The maximum absolute atomic E-state index is 1.56. The van der Waals surface area contributed by atoms with E-state index in [1.165, 1.54) is 25.7 Å². The molecule has 11 heavy (non-hydrogen) atoms. The van der Waals surface area contributed by atoms with E-state index in [0.29, 0.717) is 0 Å². The first kappa shape index (κ1) is 9.85. The third-order valence-corrected chi connectivity index (χ3v) is 3.47. The maximum Gasteiger partial charge on any atom is 2.00 e. The summed E-state index contributed by atoms with van der Waals surface area (Å²) in [6, 6.07) is 0. The van der Waals surface area contributed by atoms with Gasteiger partial charge in [0.25, 0.3) is 0 Å². The van der Waals surface area contributed by atoms with E-state index >= 15 is 0 Å². The Morgan fingerprint density at radius 2 is 0.909 bits per heavy atom. The quantitative estimate of drug-likeness (QED) is 0.522. The first-order valence-corrected chi connectivity index (χ1v) is 4.97. The normalized spacial score (nSPS) is 27.3. The average molecular weight is 165 g/mol. The summed E-state index contributed by atoms with van der Waals surface area (Å²) >= 11 is 0. The van der Waals surface area contributed by atoms with E-state index in [0.717, 1.165) is 11.8 Å². The van der Waals surface area contributed by atoms with Crippen LogP contribution in [0.15, 0.2) is 0 Å². The Labute approximate surface area is 89.3 Å². The first-order chi connectivity index (χ1) is 4.97. The van der Waals surface area contributed by atoms with E-state index in [9.17, 15) is 0 Å². The Balaban J connectivity index is 0. The molecule has 0 spiro atoms. The van der Waals surface area contributed by atoms with Crippen LogP contribution in [-0.2, 0) is 0 Å². The zero-order chi connectivity index (χ0) is 6.81. The van der Waals surface area contributed by atoms with Gasteiger partial charge in [0.05, 0.1) is 0 Å². The predicted molar refractivity (Wildman–Crippen MR) is 51.9 cm³/mol. The molecular weight excluding hydrogens is 144 g/mol. The van der Waals surface area contributed by atoms with Gasteiger partial charge in [0.2, 0.25) is 0 Å². The van der Waals surface area contributed by atoms with E-state index < -0.39 is 0 Å². The monoisotopic (exact) mass is 164 g/mol. The minimum atomic E-state index is 0. The molecule has 2 aliphatic rings. The van der Waals surface area contributed by atoms with Crippen LogP contribution < -0.4 is 0 Å². The summed E-state index contributed by atoms with van der Waals surface area (Å²) in [4.78, 5) is 0. The van der Waals surface area contributed by atoms with Gasteiger partial charge in [-0.1, -0.05) is 51.4 Å². The summed E-state index contributed by atoms with van der Waals surface area (Å²) in [6.07, 6.45) is 12.4. The van der Waals surface area contributed by atoms with Crippen molar-refractivity contribution in [3.8, 4) is 0 Å². The van der Waals surface area contributed by atoms with Crippen LogP contribution in [0.4, 0.5) is 0 Å². The molecule has 2 saturated carbocycles. The summed E-state index contributed by atoms with van der Waals surface area (Å²) in [5.74, 6) is 2.31. The van der Waals surface area contributed by atoms with Gasteiger partial charge in [0.15, 0.2) is 0 Å². The van der Waals surface area contributed by atoms with E-state index in [1.807, 2.05) is 0 Å². The van der Waals surface area contributed by atoms with Crippen LogP contribution in [0, 0.1) is 11.8 Å². The molecule has 0 amide bonds. The van der Waals surface area contributed by atoms with E-state index in [-0.39, 0.29) is 25.9 Å². The van der Waals surface area contributed by atoms with Gasteiger partial charge in [-0.05, 0) is 11.8 Å². The molecule has 0 heterocycles. The molecule has 2 rings (SSSR count). The Hall–Kier alpha value is 0.766. The van der Waals surface area contributed by atoms with E-state index in [1.54, 1.807) is 25.7 Å². The topological polar surface area (TPSA) is 0 Å². The van der Waals surface area contributed by atoms with Gasteiger partial charge in [-0.25, -0.2) is 0 Å². The van der Waals surface area contributed by atoms with Crippen molar-refractivity contribution in [1.29, 1.82) is 0 Å². The number of rotatable bonds is 1. The van der Waals surface area contributed by atoms with Crippen molar-refractivity contribution in [2.24, 2.45) is 11.8 Å². The fourth-order valence-electron chi connectivity index (χ4n) is 2.86. The van der Waals surface area contributed by atoms with Crippen LogP contribution >= 0.6 is 0 Å². The van der Waals surface area contributed by atoms with Gasteiger partial charge in [-0.15, -0.1) is 0 Å². The Bertz CT molecular complexity index is 93.5. The van der Waals surface area contributed by atoms with Crippen molar-refractivity contribution in [1.82, 2.24) is 0 Å². The molecule has 62 valence electrons. The molecule has 2 fully saturated rings. The molecule has 0 nitrogen and oxygen atoms in total. The zero-order valence-corrected chi connectivity index (χ0v) is 8.93. The predicted octanol–water partition coefficient (Wildman–Crippen LogP) is 3.21. The molecule has 1 heteroatoms. The van der Waals surface area contributed by atoms with Gasteiger partial charge >= 0.3 is 23.1 Å². The summed E-state index contributed by atoms with van der Waals surface area (Å²) < 4.78 is 0. The molecular formula is C10H20Mg. The second-order valence-corrected chi connectivity index (χ2v) is 4.09. The molecule has 0 aromatic rings. The molecule has 0 atom stereocenters. The molecule has 0 radical (unpaired) electrons. The number of hydrogen-bond donors (Lipinski definition) is 0. The SMILES string of the molecule is C1CCC(C2CCCC2)C1.[H-].[H-].[Mg+2]. The van der Waals surface area contributed by atoms with Crippen LogP contribution in [0.1, 0.15) is 54.2 Å². The van der Waals surface area contributed by atoms with Crippen LogP contribution in [0.5, 0.6) is 0 Å². The average Bonchev–Trinajstić information content (AvgIpc) is 2.59. The molecule has 0 N–H and O–H groups in total. The number of hydrogen-bond acceptors (Lipinski definition) is 0. The van der Waals surface area contributed by atoms with Crippen LogP contribution in [-0.4, -0.2) is 23.1 Å². The minimum Gasteiger partial charge on any atom is -1.00 e. The standard InChI is InChI=1S/C10H18.Mg.2H/c1-2-6-9(5-1)10-7-3-4-8-10;;;/h9-10H,1-8H2;;;/q;+2;2*-1. The third-order valence-electron chi connectivity index (χ3n) is 3.47. The van der Waals surface area contributed by atoms with Crippen LogP contribution in [0.3, 0.4) is 0 Å². The maximum atomic E-state index is 1.56. The van der Waals surface area contributed by atoms with E-state index in [4.69, 9.17) is 0 Å². The van der Waals surface area contributed by atoms with Crippen molar-refractivity contribution < 1.29 is 2.85 Å². The minimum absolute atomic E-state index is 0. The third kappa shape index (κ3) is 2.35. The van der Waals surface area contributed by atoms with Crippen LogP contribution in [0.2, 0.25) is 0 Å². The van der Waals surface area contributed by atoms with Crippen LogP contribution in [0.25, 0.3) is 0 Å². The zero-order valence-electron chi connectivity index (χ0n) is 9.52. The molecule has 0 unspecified atom stereocenters. The second kappa shape index (κ2) is 4.71.